The Balaban J connectivity index is 1.63. The molecule has 4 rings (SSSR count). The van der Waals surface area contributed by atoms with Crippen LogP contribution in [0.2, 0.25) is 0 Å². The Morgan fingerprint density at radius 1 is 1.27 bits per heavy atom. The van der Waals surface area contributed by atoms with E-state index in [9.17, 15) is 10.1 Å². The van der Waals surface area contributed by atoms with Crippen LogP contribution in [0.5, 0.6) is 0 Å². The molecule has 1 amide bonds. The van der Waals surface area contributed by atoms with Crippen LogP contribution in [0.1, 0.15) is 42.1 Å². The van der Waals surface area contributed by atoms with Gasteiger partial charge < -0.3 is 20.5 Å². The molecule has 0 bridgehead atoms. The molecule has 0 radical (unpaired) electrons. The molecule has 1 aromatic rings. The first-order chi connectivity index (χ1) is 14.5. The standard InChI is InChI=1S/C23H26N6O/c1-23(15-27-20-9-6-16(13-24)14-29(20)23)21(25)18-8-7-17(12-19(18)26-2)22(30)28-10-4-3-5-11-28/h6-9,12,14,25-26H,3-5,10-11,15H2,1-2H3. The van der Waals surface area contributed by atoms with E-state index in [2.05, 4.69) is 16.4 Å². The van der Waals surface area contributed by atoms with Gasteiger partial charge in [0.25, 0.3) is 5.91 Å². The summed E-state index contributed by atoms with van der Waals surface area (Å²) in [5.41, 5.74) is 2.34. The highest BCUT2D eigenvalue weighted by Gasteiger charge is 2.43. The molecule has 154 valence electrons. The first kappa shape index (κ1) is 19.9. The Bertz CT molecular complexity index is 1020. The Morgan fingerprint density at radius 3 is 2.73 bits per heavy atom. The summed E-state index contributed by atoms with van der Waals surface area (Å²) in [5, 5.41) is 21.4. The molecule has 2 N–H and O–H groups in total. The van der Waals surface area contributed by atoms with Crippen molar-refractivity contribution in [1.29, 1.82) is 10.7 Å². The fraction of sp³-hybridized carbons (Fsp3) is 0.391. The minimum atomic E-state index is -0.702. The lowest BCUT2D eigenvalue weighted by molar-refractivity contribution is 0.0724. The molecule has 7 heteroatoms. The van der Waals surface area contributed by atoms with Gasteiger partial charge in [0.1, 0.15) is 17.4 Å². The van der Waals surface area contributed by atoms with Gasteiger partial charge >= 0.3 is 0 Å². The highest BCUT2D eigenvalue weighted by Crippen LogP contribution is 2.33. The lowest BCUT2D eigenvalue weighted by atomic mass is 9.87. The molecule has 7 nitrogen and oxygen atoms in total. The Kier molecular flexibility index (Phi) is 5.17. The van der Waals surface area contributed by atoms with Crippen LogP contribution in [0, 0.1) is 16.7 Å². The molecule has 3 aliphatic heterocycles. The van der Waals surface area contributed by atoms with Gasteiger partial charge in [-0.15, -0.1) is 0 Å². The fourth-order valence-corrected chi connectivity index (χ4v) is 4.27. The van der Waals surface area contributed by atoms with Crippen LogP contribution in [-0.2, 0) is 0 Å². The van der Waals surface area contributed by atoms with Crippen molar-refractivity contribution in [3.63, 3.8) is 0 Å². The molecule has 3 aliphatic rings. The van der Waals surface area contributed by atoms with Crippen molar-refractivity contribution in [3.05, 3.63) is 53.3 Å². The normalized spacial score (nSPS) is 22.7. The van der Waals surface area contributed by atoms with E-state index >= 15 is 0 Å². The van der Waals surface area contributed by atoms with Gasteiger partial charge in [0.15, 0.2) is 0 Å². The minimum Gasteiger partial charge on any atom is -0.388 e. The fourth-order valence-electron chi connectivity index (χ4n) is 4.27. The first-order valence-electron chi connectivity index (χ1n) is 10.3. The molecule has 0 aliphatic carbocycles. The van der Waals surface area contributed by atoms with Crippen molar-refractivity contribution in [3.8, 4) is 6.07 Å². The number of carbonyl (C=O) groups is 1. The summed E-state index contributed by atoms with van der Waals surface area (Å²) in [6, 6.07) is 7.66. The average molecular weight is 403 g/mol. The van der Waals surface area contributed by atoms with Crippen LogP contribution in [0.4, 0.5) is 5.69 Å². The quantitative estimate of drug-likeness (QED) is 0.756. The number of nitrogens with zero attached hydrogens (tertiary/aromatic N) is 4. The zero-order valence-electron chi connectivity index (χ0n) is 17.4. The lowest BCUT2D eigenvalue weighted by Gasteiger charge is -2.36. The SMILES string of the molecule is CNc1cc(C(=O)N2CCCCC2)ccc1C(=N)C1(C)CN=C2C=CC(C#N)=CN21. The average Bonchev–Trinajstić information content (AvgIpc) is 3.15. The van der Waals surface area contributed by atoms with E-state index in [1.54, 1.807) is 19.3 Å². The summed E-state index contributed by atoms with van der Waals surface area (Å²) in [4.78, 5) is 21.3. The predicted octanol–water partition coefficient (Wildman–Crippen LogP) is 3.17. The van der Waals surface area contributed by atoms with Crippen molar-refractivity contribution >= 4 is 23.1 Å². The van der Waals surface area contributed by atoms with Crippen LogP contribution in [0.25, 0.3) is 0 Å². The third kappa shape index (κ3) is 3.28. The number of hydrogen-bond acceptors (Lipinski definition) is 6. The van der Waals surface area contributed by atoms with Gasteiger partial charge in [-0.05, 0) is 50.5 Å². The molecule has 1 saturated heterocycles. The van der Waals surface area contributed by atoms with Gasteiger partial charge in [0.05, 0.1) is 17.8 Å². The summed E-state index contributed by atoms with van der Waals surface area (Å²) in [6.07, 6.45) is 8.60. The maximum Gasteiger partial charge on any atom is 0.253 e. The number of amidine groups is 1. The smallest absolute Gasteiger partial charge is 0.253 e. The number of anilines is 1. The number of nitrogens with one attached hydrogen (secondary N) is 2. The Hall–Kier alpha value is -3.40. The van der Waals surface area contributed by atoms with Gasteiger partial charge in [-0.3, -0.25) is 9.79 Å². The Labute approximate surface area is 176 Å². The van der Waals surface area contributed by atoms with E-state index < -0.39 is 5.54 Å². The van der Waals surface area contributed by atoms with Gasteiger partial charge in [0.2, 0.25) is 0 Å². The van der Waals surface area contributed by atoms with E-state index in [0.29, 0.717) is 23.4 Å². The van der Waals surface area contributed by atoms with Crippen molar-refractivity contribution in [2.45, 2.75) is 31.7 Å². The van der Waals surface area contributed by atoms with Crippen molar-refractivity contribution in [2.75, 3.05) is 32.0 Å². The molecule has 0 spiro atoms. The molecular formula is C23H26N6O. The third-order valence-electron chi connectivity index (χ3n) is 6.12. The van der Waals surface area contributed by atoms with Crippen LogP contribution in [0.15, 0.2) is 47.1 Å². The van der Waals surface area contributed by atoms with Gasteiger partial charge in [-0.25, -0.2) is 0 Å². The highest BCUT2D eigenvalue weighted by molar-refractivity contribution is 6.14. The number of amides is 1. The number of benzene rings is 1. The second-order valence-corrected chi connectivity index (χ2v) is 8.09. The van der Waals surface area contributed by atoms with E-state index in [1.807, 2.05) is 41.0 Å². The molecule has 30 heavy (non-hydrogen) atoms. The highest BCUT2D eigenvalue weighted by atomic mass is 16.2. The van der Waals surface area contributed by atoms with Crippen molar-refractivity contribution < 1.29 is 4.79 Å². The predicted molar refractivity (Wildman–Crippen MR) is 118 cm³/mol. The van der Waals surface area contributed by atoms with Gasteiger partial charge in [-0.2, -0.15) is 5.26 Å². The number of piperidine rings is 1. The minimum absolute atomic E-state index is 0.0461. The van der Waals surface area contributed by atoms with Crippen LogP contribution in [-0.4, -0.2) is 59.5 Å². The van der Waals surface area contributed by atoms with E-state index in [4.69, 9.17) is 5.41 Å². The molecule has 0 saturated carbocycles. The number of aliphatic imine (C=N–C) groups is 1. The lowest BCUT2D eigenvalue weighted by Crippen LogP contribution is -2.50. The molecule has 1 unspecified atom stereocenters. The molecule has 0 aromatic heterocycles. The zero-order chi connectivity index (χ0) is 21.3. The Morgan fingerprint density at radius 2 is 2.03 bits per heavy atom. The summed E-state index contributed by atoms with van der Waals surface area (Å²) < 4.78 is 0. The van der Waals surface area contributed by atoms with Crippen LogP contribution >= 0.6 is 0 Å². The van der Waals surface area contributed by atoms with E-state index in [1.165, 1.54) is 6.42 Å². The van der Waals surface area contributed by atoms with Gasteiger partial charge in [-0.1, -0.05) is 6.07 Å². The number of nitriles is 1. The largest absolute Gasteiger partial charge is 0.388 e. The number of allylic oxidation sites excluding steroid dienone is 2. The summed E-state index contributed by atoms with van der Waals surface area (Å²) in [7, 11) is 1.80. The molecule has 1 atom stereocenters. The molecule has 3 heterocycles. The topological polar surface area (TPSA) is 95.6 Å². The van der Waals surface area contributed by atoms with Crippen molar-refractivity contribution in [1.82, 2.24) is 9.80 Å². The number of carbonyl (C=O) groups excluding carboxylic acids is 1. The zero-order valence-corrected chi connectivity index (χ0v) is 17.4. The molecule has 1 aromatic carbocycles. The van der Waals surface area contributed by atoms with Crippen molar-refractivity contribution in [2.24, 2.45) is 4.99 Å². The number of hydrogen-bond donors (Lipinski definition) is 2. The van der Waals surface area contributed by atoms with Crippen LogP contribution in [0.3, 0.4) is 0 Å². The third-order valence-corrected chi connectivity index (χ3v) is 6.12. The maximum atomic E-state index is 12.9. The maximum absolute atomic E-state index is 12.9. The second-order valence-electron chi connectivity index (χ2n) is 8.09. The van der Waals surface area contributed by atoms with Gasteiger partial charge in [0, 0.05) is 43.2 Å². The number of likely N-dealkylation sites (tertiary alicyclic amines) is 1. The summed E-state index contributed by atoms with van der Waals surface area (Å²) in [6.45, 7) is 4.00. The number of fused-ring (bicyclic) bond motifs is 1. The first-order valence-corrected chi connectivity index (χ1v) is 10.3. The monoisotopic (exact) mass is 402 g/mol. The summed E-state index contributed by atoms with van der Waals surface area (Å²) in [5.74, 6) is 0.800. The van der Waals surface area contributed by atoms with Crippen LogP contribution < -0.4 is 5.32 Å². The number of rotatable bonds is 4. The second kappa shape index (κ2) is 7.79. The molecule has 1 fully saturated rings. The summed E-state index contributed by atoms with van der Waals surface area (Å²) >= 11 is 0. The van der Waals surface area contributed by atoms with E-state index in [0.717, 1.165) is 43.0 Å². The molecular weight excluding hydrogens is 376 g/mol. The van der Waals surface area contributed by atoms with E-state index in [-0.39, 0.29) is 5.91 Å².